The predicted octanol–water partition coefficient (Wildman–Crippen LogP) is 2.11. The maximum Gasteiger partial charge on any atom is 0.253 e. The van der Waals surface area contributed by atoms with Gasteiger partial charge in [-0.15, -0.1) is 6.42 Å². The number of amides is 2. The van der Waals surface area contributed by atoms with Crippen LogP contribution in [0.25, 0.3) is 5.57 Å². The molecule has 1 N–H and O–H groups in total. The molecule has 1 aromatic heterocycles. The molecule has 3 rings (SSSR count). The summed E-state index contributed by atoms with van der Waals surface area (Å²) >= 11 is 0. The molecule has 0 aromatic carbocycles. The second kappa shape index (κ2) is 8.34. The molecule has 1 saturated carbocycles. The Kier molecular flexibility index (Phi) is 5.90. The number of piperidine rings is 1. The van der Waals surface area contributed by atoms with Crippen molar-refractivity contribution in [3.8, 4) is 12.3 Å². The van der Waals surface area contributed by atoms with Crippen molar-refractivity contribution < 1.29 is 9.59 Å². The highest BCUT2D eigenvalue weighted by Crippen LogP contribution is 2.39. The van der Waals surface area contributed by atoms with Crippen molar-refractivity contribution >= 4 is 17.4 Å². The number of likely N-dealkylation sites (tertiary alicyclic amines) is 1. The molecule has 0 radical (unpaired) electrons. The number of aromatic nitrogens is 2. The molecule has 1 atom stereocenters. The van der Waals surface area contributed by atoms with Gasteiger partial charge in [-0.05, 0) is 44.4 Å². The summed E-state index contributed by atoms with van der Waals surface area (Å²) in [6, 6.07) is 0. The van der Waals surface area contributed by atoms with Crippen molar-refractivity contribution in [1.82, 2.24) is 20.2 Å². The quantitative estimate of drug-likeness (QED) is 0.640. The Morgan fingerprint density at radius 1 is 1.41 bits per heavy atom. The monoisotopic (exact) mass is 366 g/mol. The second-order valence-electron chi connectivity index (χ2n) is 7.30. The lowest BCUT2D eigenvalue weighted by atomic mass is 9.97. The molecule has 2 heterocycles. The number of rotatable bonds is 5. The number of nitrogens with zero attached hydrogens (tertiary/aromatic N) is 3. The summed E-state index contributed by atoms with van der Waals surface area (Å²) < 4.78 is 0. The molecule has 6 nitrogen and oxygen atoms in total. The third-order valence-corrected chi connectivity index (χ3v) is 5.23. The summed E-state index contributed by atoms with van der Waals surface area (Å²) in [7, 11) is 0. The Bertz CT molecular complexity index is 805. The Balaban J connectivity index is 1.69. The highest BCUT2D eigenvalue weighted by atomic mass is 16.2. The van der Waals surface area contributed by atoms with E-state index in [2.05, 4.69) is 21.2 Å². The van der Waals surface area contributed by atoms with Crippen LogP contribution >= 0.6 is 0 Å². The normalized spacial score (nSPS) is 20.1. The highest BCUT2D eigenvalue weighted by molar-refractivity contribution is 6.19. The van der Waals surface area contributed by atoms with E-state index in [9.17, 15) is 9.59 Å². The SMILES string of the molecule is C#Cc1ncc(C2CC2)nc1/C(=C\C)C(=O)NCC1CCCN(C(C)=O)C1. The molecule has 0 bridgehead atoms. The maximum atomic E-state index is 12.8. The van der Waals surface area contributed by atoms with Gasteiger partial charge in [0.1, 0.15) is 11.4 Å². The molecular formula is C21H26N4O2. The van der Waals surface area contributed by atoms with E-state index in [4.69, 9.17) is 6.42 Å². The first-order valence-corrected chi connectivity index (χ1v) is 9.57. The number of hydrogen-bond acceptors (Lipinski definition) is 4. The standard InChI is InChI=1S/C21H26N4O2/c1-4-17(20-18(5-2)22-12-19(24-20)16-8-9-16)21(27)23-11-15-7-6-10-25(13-15)14(3)26/h2,4,12,15-16H,6-11,13H2,1,3H3,(H,23,27)/b17-4+. The zero-order valence-electron chi connectivity index (χ0n) is 16.0. The smallest absolute Gasteiger partial charge is 0.253 e. The van der Waals surface area contributed by atoms with E-state index in [0.29, 0.717) is 36.0 Å². The van der Waals surface area contributed by atoms with Gasteiger partial charge in [-0.3, -0.25) is 9.59 Å². The van der Waals surface area contributed by atoms with Gasteiger partial charge in [0.15, 0.2) is 0 Å². The topological polar surface area (TPSA) is 75.2 Å². The number of carbonyl (C=O) groups is 2. The zero-order chi connectivity index (χ0) is 19.4. The Hall–Kier alpha value is -2.68. The van der Waals surface area contributed by atoms with E-state index < -0.39 is 0 Å². The first-order valence-electron chi connectivity index (χ1n) is 9.57. The number of allylic oxidation sites excluding steroid dienone is 1. The van der Waals surface area contributed by atoms with Crippen LogP contribution in [0.2, 0.25) is 0 Å². The van der Waals surface area contributed by atoms with Crippen molar-refractivity contribution in [3.63, 3.8) is 0 Å². The van der Waals surface area contributed by atoms with Crippen LogP contribution < -0.4 is 5.32 Å². The summed E-state index contributed by atoms with van der Waals surface area (Å²) in [5.41, 5.74) is 2.23. The van der Waals surface area contributed by atoms with Crippen LogP contribution in [-0.2, 0) is 9.59 Å². The number of terminal acetylenes is 1. The van der Waals surface area contributed by atoms with Crippen LogP contribution in [0, 0.1) is 18.3 Å². The minimum absolute atomic E-state index is 0.0889. The molecular weight excluding hydrogens is 340 g/mol. The molecule has 1 aromatic rings. The van der Waals surface area contributed by atoms with E-state index in [-0.39, 0.29) is 17.7 Å². The van der Waals surface area contributed by atoms with Gasteiger partial charge in [-0.25, -0.2) is 9.97 Å². The molecule has 1 aliphatic heterocycles. The summed E-state index contributed by atoms with van der Waals surface area (Å²) in [6.07, 6.45) is 13.2. The van der Waals surface area contributed by atoms with Crippen molar-refractivity contribution in [2.24, 2.45) is 5.92 Å². The summed E-state index contributed by atoms with van der Waals surface area (Å²) in [4.78, 5) is 35.2. The molecule has 142 valence electrons. The van der Waals surface area contributed by atoms with Crippen LogP contribution in [0.4, 0.5) is 0 Å². The Morgan fingerprint density at radius 2 is 2.19 bits per heavy atom. The van der Waals surface area contributed by atoms with Gasteiger partial charge in [-0.1, -0.05) is 6.08 Å². The van der Waals surface area contributed by atoms with Crippen molar-refractivity contribution in [2.45, 2.75) is 45.4 Å². The third-order valence-electron chi connectivity index (χ3n) is 5.23. The van der Waals surface area contributed by atoms with Gasteiger partial charge in [0.25, 0.3) is 5.91 Å². The summed E-state index contributed by atoms with van der Waals surface area (Å²) in [6.45, 7) is 5.41. The van der Waals surface area contributed by atoms with Gasteiger partial charge in [0.2, 0.25) is 5.91 Å². The average Bonchev–Trinajstić information content (AvgIpc) is 3.52. The van der Waals surface area contributed by atoms with Crippen molar-refractivity contribution in [2.75, 3.05) is 19.6 Å². The molecule has 2 fully saturated rings. The fourth-order valence-electron chi connectivity index (χ4n) is 3.50. The first kappa shape index (κ1) is 19.1. The van der Waals surface area contributed by atoms with Crippen LogP contribution in [0.15, 0.2) is 12.3 Å². The molecule has 2 aliphatic rings. The molecule has 27 heavy (non-hydrogen) atoms. The van der Waals surface area contributed by atoms with Gasteiger partial charge in [0, 0.05) is 32.5 Å². The largest absolute Gasteiger partial charge is 0.352 e. The molecule has 0 spiro atoms. The van der Waals surface area contributed by atoms with Crippen LogP contribution in [-0.4, -0.2) is 46.3 Å². The molecule has 1 saturated heterocycles. The lowest BCUT2D eigenvalue weighted by Gasteiger charge is -2.32. The van der Waals surface area contributed by atoms with Crippen LogP contribution in [0.1, 0.15) is 62.5 Å². The van der Waals surface area contributed by atoms with Gasteiger partial charge in [0.05, 0.1) is 17.5 Å². The van der Waals surface area contributed by atoms with E-state index in [0.717, 1.165) is 37.9 Å². The van der Waals surface area contributed by atoms with E-state index in [1.165, 1.54) is 0 Å². The van der Waals surface area contributed by atoms with Crippen LogP contribution in [0.5, 0.6) is 0 Å². The van der Waals surface area contributed by atoms with E-state index >= 15 is 0 Å². The molecule has 2 amide bonds. The van der Waals surface area contributed by atoms with Crippen LogP contribution in [0.3, 0.4) is 0 Å². The first-order chi connectivity index (χ1) is 13.0. The fourth-order valence-corrected chi connectivity index (χ4v) is 3.50. The number of nitrogens with one attached hydrogen (secondary N) is 1. The highest BCUT2D eigenvalue weighted by Gasteiger charge is 2.28. The summed E-state index contributed by atoms with van der Waals surface area (Å²) in [5.74, 6) is 3.13. The molecule has 1 unspecified atom stereocenters. The van der Waals surface area contributed by atoms with Gasteiger partial charge < -0.3 is 10.2 Å². The number of hydrogen-bond donors (Lipinski definition) is 1. The zero-order valence-corrected chi connectivity index (χ0v) is 16.0. The summed E-state index contributed by atoms with van der Waals surface area (Å²) in [5, 5.41) is 3.00. The minimum atomic E-state index is -0.198. The van der Waals surface area contributed by atoms with Crippen molar-refractivity contribution in [1.29, 1.82) is 0 Å². The number of carbonyl (C=O) groups excluding carboxylic acids is 2. The van der Waals surface area contributed by atoms with Crippen molar-refractivity contribution in [3.05, 3.63) is 29.4 Å². The lowest BCUT2D eigenvalue weighted by molar-refractivity contribution is -0.130. The average molecular weight is 366 g/mol. The van der Waals surface area contributed by atoms with E-state index in [1.54, 1.807) is 26.1 Å². The molecule has 6 heteroatoms. The van der Waals surface area contributed by atoms with Gasteiger partial charge in [-0.2, -0.15) is 0 Å². The Labute approximate surface area is 160 Å². The Morgan fingerprint density at radius 3 is 2.81 bits per heavy atom. The molecule has 1 aliphatic carbocycles. The lowest BCUT2D eigenvalue weighted by Crippen LogP contribution is -2.43. The van der Waals surface area contributed by atoms with Gasteiger partial charge >= 0.3 is 0 Å². The maximum absolute atomic E-state index is 12.8. The predicted molar refractivity (Wildman–Crippen MR) is 104 cm³/mol. The third kappa shape index (κ3) is 4.54. The fraction of sp³-hybridized carbons (Fsp3) is 0.524. The van der Waals surface area contributed by atoms with E-state index in [1.807, 2.05) is 4.90 Å². The second-order valence-corrected chi connectivity index (χ2v) is 7.30. The minimum Gasteiger partial charge on any atom is -0.352 e.